The standard InChI is InChI=1S/C15H8F3N3O2S2/c16-15(17,18)10-3-1-2-4-13(10)25(22,23)21-14-20-11-6-5-9(8-19)7-12(11)24-14/h1-7H,(H,20,21). The van der Waals surface area contributed by atoms with Crippen LogP contribution >= 0.6 is 11.3 Å². The van der Waals surface area contributed by atoms with E-state index < -0.39 is 26.7 Å². The van der Waals surface area contributed by atoms with E-state index in [4.69, 9.17) is 5.26 Å². The zero-order valence-electron chi connectivity index (χ0n) is 12.2. The van der Waals surface area contributed by atoms with E-state index in [0.29, 0.717) is 21.8 Å². The Hall–Kier alpha value is -2.64. The van der Waals surface area contributed by atoms with E-state index in [1.54, 1.807) is 0 Å². The quantitative estimate of drug-likeness (QED) is 0.741. The van der Waals surface area contributed by atoms with Crippen LogP contribution in [-0.4, -0.2) is 13.4 Å². The second-order valence-corrected chi connectivity index (χ2v) is 7.59. The van der Waals surface area contributed by atoms with Gasteiger partial charge in [0.15, 0.2) is 5.13 Å². The number of halogens is 3. The Kier molecular flexibility index (Phi) is 4.14. The van der Waals surface area contributed by atoms with Gasteiger partial charge < -0.3 is 0 Å². The molecule has 25 heavy (non-hydrogen) atoms. The number of hydrogen-bond acceptors (Lipinski definition) is 5. The number of benzene rings is 2. The summed E-state index contributed by atoms with van der Waals surface area (Å²) in [6, 6.07) is 10.4. The molecule has 0 atom stereocenters. The SMILES string of the molecule is N#Cc1ccc2nc(NS(=O)(=O)c3ccccc3C(F)(F)F)sc2c1. The van der Waals surface area contributed by atoms with Crippen LogP contribution < -0.4 is 4.72 Å². The van der Waals surface area contributed by atoms with Crippen LogP contribution in [0.15, 0.2) is 47.4 Å². The Morgan fingerprint density at radius 3 is 2.56 bits per heavy atom. The fourth-order valence-electron chi connectivity index (χ4n) is 2.14. The number of rotatable bonds is 3. The van der Waals surface area contributed by atoms with Gasteiger partial charge in [0.25, 0.3) is 10.0 Å². The number of nitriles is 1. The van der Waals surface area contributed by atoms with E-state index in [1.807, 2.05) is 6.07 Å². The Morgan fingerprint density at radius 2 is 1.88 bits per heavy atom. The average Bonchev–Trinajstić information content (AvgIpc) is 2.94. The zero-order valence-corrected chi connectivity index (χ0v) is 13.8. The number of alkyl halides is 3. The monoisotopic (exact) mass is 383 g/mol. The van der Waals surface area contributed by atoms with E-state index in [-0.39, 0.29) is 5.13 Å². The van der Waals surface area contributed by atoms with E-state index in [2.05, 4.69) is 9.71 Å². The Morgan fingerprint density at radius 1 is 1.16 bits per heavy atom. The smallest absolute Gasteiger partial charge is 0.255 e. The summed E-state index contributed by atoms with van der Waals surface area (Å²) in [4.78, 5) is 3.15. The number of thiazole rings is 1. The highest BCUT2D eigenvalue weighted by atomic mass is 32.2. The van der Waals surface area contributed by atoms with E-state index >= 15 is 0 Å². The predicted octanol–water partition coefficient (Wildman–Crippen LogP) is 3.99. The molecule has 3 rings (SSSR count). The number of sulfonamides is 1. The molecule has 0 saturated heterocycles. The molecule has 0 aliphatic heterocycles. The van der Waals surface area contributed by atoms with Crippen LogP contribution in [0.4, 0.5) is 18.3 Å². The first-order valence-corrected chi connectivity index (χ1v) is 9.00. The van der Waals surface area contributed by atoms with Crippen molar-refractivity contribution in [1.82, 2.24) is 4.98 Å². The normalized spacial score (nSPS) is 12.1. The third-order valence-corrected chi connectivity index (χ3v) is 5.68. The van der Waals surface area contributed by atoms with Gasteiger partial charge in [-0.2, -0.15) is 18.4 Å². The van der Waals surface area contributed by atoms with Gasteiger partial charge in [-0.3, -0.25) is 4.72 Å². The van der Waals surface area contributed by atoms with Crippen molar-refractivity contribution in [2.75, 3.05) is 4.72 Å². The highest BCUT2D eigenvalue weighted by Crippen LogP contribution is 2.35. The summed E-state index contributed by atoms with van der Waals surface area (Å²) in [6.45, 7) is 0. The van der Waals surface area contributed by atoms with Gasteiger partial charge in [-0.15, -0.1) is 0 Å². The van der Waals surface area contributed by atoms with Crippen molar-refractivity contribution in [1.29, 1.82) is 5.26 Å². The zero-order chi connectivity index (χ0) is 18.2. The molecule has 0 saturated carbocycles. The molecule has 3 aromatic rings. The Bertz CT molecular complexity index is 1100. The third kappa shape index (κ3) is 3.42. The van der Waals surface area contributed by atoms with Gasteiger partial charge in [0.1, 0.15) is 0 Å². The Labute approximate surface area is 144 Å². The lowest BCUT2D eigenvalue weighted by atomic mass is 10.2. The molecule has 5 nitrogen and oxygen atoms in total. The summed E-state index contributed by atoms with van der Waals surface area (Å²) in [5.41, 5.74) is -0.450. The van der Waals surface area contributed by atoms with Crippen LogP contribution in [0.3, 0.4) is 0 Å². The van der Waals surface area contributed by atoms with Crippen molar-refractivity contribution in [2.45, 2.75) is 11.1 Å². The maximum atomic E-state index is 13.0. The van der Waals surface area contributed by atoms with Crippen molar-refractivity contribution in [3.05, 3.63) is 53.6 Å². The van der Waals surface area contributed by atoms with E-state index in [0.717, 1.165) is 23.5 Å². The second-order valence-electron chi connectivity index (χ2n) is 4.91. The first-order chi connectivity index (χ1) is 11.7. The topological polar surface area (TPSA) is 82.8 Å². The molecule has 0 spiro atoms. The molecule has 2 aromatic carbocycles. The summed E-state index contributed by atoms with van der Waals surface area (Å²) < 4.78 is 66.5. The molecule has 10 heteroatoms. The molecule has 1 heterocycles. The van der Waals surface area contributed by atoms with Crippen LogP contribution in [0.25, 0.3) is 10.2 Å². The van der Waals surface area contributed by atoms with Gasteiger partial charge in [0.2, 0.25) is 0 Å². The molecule has 0 aliphatic carbocycles. The molecule has 0 fully saturated rings. The third-order valence-electron chi connectivity index (χ3n) is 3.22. The van der Waals surface area contributed by atoms with Gasteiger partial charge in [0, 0.05) is 0 Å². The number of nitrogens with one attached hydrogen (secondary N) is 1. The predicted molar refractivity (Wildman–Crippen MR) is 86.6 cm³/mol. The molecule has 1 N–H and O–H groups in total. The fourth-order valence-corrected chi connectivity index (χ4v) is 4.51. The minimum Gasteiger partial charge on any atom is -0.255 e. The van der Waals surface area contributed by atoms with E-state index in [9.17, 15) is 21.6 Å². The van der Waals surface area contributed by atoms with Gasteiger partial charge in [-0.05, 0) is 30.3 Å². The van der Waals surface area contributed by atoms with Crippen molar-refractivity contribution < 1.29 is 21.6 Å². The first kappa shape index (κ1) is 17.2. The molecule has 0 aliphatic rings. The van der Waals surface area contributed by atoms with Gasteiger partial charge >= 0.3 is 6.18 Å². The highest BCUT2D eigenvalue weighted by molar-refractivity contribution is 7.93. The lowest BCUT2D eigenvalue weighted by Crippen LogP contribution is -2.18. The average molecular weight is 383 g/mol. The van der Waals surface area contributed by atoms with E-state index in [1.165, 1.54) is 24.3 Å². The summed E-state index contributed by atoms with van der Waals surface area (Å²) in [6.07, 6.45) is -4.80. The second kappa shape index (κ2) is 6.02. The van der Waals surface area contributed by atoms with Crippen LogP contribution in [0.2, 0.25) is 0 Å². The molecule has 0 amide bonds. The number of fused-ring (bicyclic) bond motifs is 1. The first-order valence-electron chi connectivity index (χ1n) is 6.70. The molecule has 0 radical (unpaired) electrons. The molecule has 1 aromatic heterocycles. The lowest BCUT2D eigenvalue weighted by molar-refractivity contribution is -0.139. The Balaban J connectivity index is 2.02. The van der Waals surface area contributed by atoms with Crippen molar-refractivity contribution >= 4 is 36.7 Å². The molecule has 0 bridgehead atoms. The number of nitrogens with zero attached hydrogens (tertiary/aromatic N) is 2. The van der Waals surface area contributed by atoms with Crippen LogP contribution in [-0.2, 0) is 16.2 Å². The number of anilines is 1. The van der Waals surface area contributed by atoms with Crippen molar-refractivity contribution in [3.63, 3.8) is 0 Å². The summed E-state index contributed by atoms with van der Waals surface area (Å²) >= 11 is 0.928. The van der Waals surface area contributed by atoms with Crippen LogP contribution in [0, 0.1) is 11.3 Å². The van der Waals surface area contributed by atoms with Gasteiger partial charge in [0.05, 0.1) is 32.3 Å². The lowest BCUT2D eigenvalue weighted by Gasteiger charge is -2.13. The summed E-state index contributed by atoms with van der Waals surface area (Å²) in [5.74, 6) is 0. The molecule has 128 valence electrons. The minimum absolute atomic E-state index is 0.0814. The minimum atomic E-state index is -4.80. The summed E-state index contributed by atoms with van der Waals surface area (Å²) in [5, 5.41) is 8.78. The van der Waals surface area contributed by atoms with Crippen LogP contribution in [0.1, 0.15) is 11.1 Å². The maximum absolute atomic E-state index is 13.0. The number of hydrogen-bond donors (Lipinski definition) is 1. The van der Waals surface area contributed by atoms with Gasteiger partial charge in [-0.1, -0.05) is 23.5 Å². The highest BCUT2D eigenvalue weighted by Gasteiger charge is 2.37. The van der Waals surface area contributed by atoms with Crippen molar-refractivity contribution in [2.24, 2.45) is 0 Å². The molecule has 0 unspecified atom stereocenters. The molecular formula is C15H8F3N3O2S2. The molecular weight excluding hydrogens is 375 g/mol. The largest absolute Gasteiger partial charge is 0.417 e. The summed E-state index contributed by atoms with van der Waals surface area (Å²) in [7, 11) is -4.48. The van der Waals surface area contributed by atoms with Crippen LogP contribution in [0.5, 0.6) is 0 Å². The fraction of sp³-hybridized carbons (Fsp3) is 0.0667. The van der Waals surface area contributed by atoms with Gasteiger partial charge in [-0.25, -0.2) is 13.4 Å². The number of aromatic nitrogens is 1. The maximum Gasteiger partial charge on any atom is 0.417 e. The van der Waals surface area contributed by atoms with Crippen molar-refractivity contribution in [3.8, 4) is 6.07 Å².